The second kappa shape index (κ2) is 19.1. The van der Waals surface area contributed by atoms with Crippen LogP contribution in [0.25, 0.3) is 0 Å². The molecule has 0 aliphatic heterocycles. The number of hydrogen-bond acceptors (Lipinski definition) is 4. The van der Waals surface area contributed by atoms with Crippen LogP contribution in [0.2, 0.25) is 0 Å². The summed E-state index contributed by atoms with van der Waals surface area (Å²) in [4.78, 5) is 15.8. The first-order valence-electron chi connectivity index (χ1n) is 12.6. The lowest BCUT2D eigenvalue weighted by Gasteiger charge is -2.23. The highest BCUT2D eigenvalue weighted by Crippen LogP contribution is 2.21. The first kappa shape index (κ1) is 26.2. The van der Waals surface area contributed by atoms with E-state index in [1.54, 1.807) is 0 Å². The first-order chi connectivity index (χ1) is 14.2. The van der Waals surface area contributed by atoms with Crippen molar-refractivity contribution < 1.29 is 14.7 Å². The number of ether oxygens (including phenoxy) is 1. The van der Waals surface area contributed by atoms with Gasteiger partial charge in [0, 0.05) is 13.0 Å². The molecule has 5 nitrogen and oxygen atoms in total. The zero-order valence-corrected chi connectivity index (χ0v) is 19.1. The van der Waals surface area contributed by atoms with Gasteiger partial charge in [0.2, 0.25) is 0 Å². The maximum atomic E-state index is 10.9. The number of rotatable bonds is 14. The minimum absolute atomic E-state index is 0.109. The number of unbranched alkanes of at least 4 members (excludes halogenated alkanes) is 9. The van der Waals surface area contributed by atoms with Crippen molar-refractivity contribution in [2.45, 2.75) is 148 Å². The molecule has 1 aliphatic carbocycles. The highest BCUT2D eigenvalue weighted by Gasteiger charge is 2.20. The molecule has 0 aromatic rings. The summed E-state index contributed by atoms with van der Waals surface area (Å²) in [5.74, 6) is 0. The van der Waals surface area contributed by atoms with Crippen LogP contribution in [0.4, 0.5) is 0 Å². The van der Waals surface area contributed by atoms with Crippen molar-refractivity contribution in [3.8, 4) is 0 Å². The van der Waals surface area contributed by atoms with E-state index >= 15 is 0 Å². The molecule has 0 amide bonds. The van der Waals surface area contributed by atoms with Gasteiger partial charge in [-0.25, -0.2) is 0 Å². The van der Waals surface area contributed by atoms with E-state index < -0.39 is 5.09 Å². The third-order valence-corrected chi connectivity index (χ3v) is 6.16. The van der Waals surface area contributed by atoms with Gasteiger partial charge in [-0.1, -0.05) is 110 Å². The van der Waals surface area contributed by atoms with Crippen LogP contribution in [-0.2, 0) is 9.57 Å². The molecule has 0 heterocycles. The zero-order chi connectivity index (χ0) is 21.0. The van der Waals surface area contributed by atoms with Crippen LogP contribution in [0.15, 0.2) is 0 Å². The average molecular weight is 414 g/mol. The van der Waals surface area contributed by atoms with Crippen LogP contribution in [0, 0.1) is 10.1 Å². The van der Waals surface area contributed by atoms with E-state index in [-0.39, 0.29) is 12.2 Å². The molecule has 0 bridgehead atoms. The molecule has 0 aromatic heterocycles. The summed E-state index contributed by atoms with van der Waals surface area (Å²) in [6.07, 6.45) is 23.9. The Labute approximate surface area is 179 Å². The van der Waals surface area contributed by atoms with Gasteiger partial charge >= 0.3 is 0 Å². The van der Waals surface area contributed by atoms with Crippen molar-refractivity contribution in [2.75, 3.05) is 6.61 Å². The molecule has 1 rings (SSSR count). The second-order valence-corrected chi connectivity index (χ2v) is 8.91. The van der Waals surface area contributed by atoms with Crippen molar-refractivity contribution in [3.05, 3.63) is 10.1 Å². The molecule has 0 spiro atoms. The smallest absolute Gasteiger partial charge is 0.294 e. The maximum Gasteiger partial charge on any atom is 0.294 e. The summed E-state index contributed by atoms with van der Waals surface area (Å²) >= 11 is 0. The summed E-state index contributed by atoms with van der Waals surface area (Å²) < 4.78 is 6.17. The molecule has 172 valence electrons. The van der Waals surface area contributed by atoms with Gasteiger partial charge < -0.3 is 9.57 Å². The molecule has 29 heavy (non-hydrogen) atoms. The molecule has 1 saturated carbocycles. The summed E-state index contributed by atoms with van der Waals surface area (Å²) in [7, 11) is 0. The third-order valence-electron chi connectivity index (χ3n) is 6.16. The van der Waals surface area contributed by atoms with Gasteiger partial charge in [-0.05, 0) is 19.3 Å². The van der Waals surface area contributed by atoms with E-state index in [9.17, 15) is 10.1 Å². The van der Waals surface area contributed by atoms with E-state index in [0.29, 0.717) is 6.42 Å². The lowest BCUT2D eigenvalue weighted by molar-refractivity contribution is -0.769. The molecule has 0 radical (unpaired) electrons. The van der Waals surface area contributed by atoms with Crippen LogP contribution >= 0.6 is 0 Å². The van der Waals surface area contributed by atoms with Crippen molar-refractivity contribution in [1.29, 1.82) is 0 Å². The molecule has 0 aromatic carbocycles. The van der Waals surface area contributed by atoms with Gasteiger partial charge in [0.1, 0.15) is 6.10 Å². The highest BCUT2D eigenvalue weighted by atomic mass is 17.0. The first-order valence-corrected chi connectivity index (χ1v) is 12.6. The fraction of sp³-hybridized carbons (Fsp3) is 1.00. The summed E-state index contributed by atoms with van der Waals surface area (Å²) in [5, 5.41) is 10.2. The average Bonchev–Trinajstić information content (AvgIpc) is 2.68. The van der Waals surface area contributed by atoms with E-state index in [2.05, 4.69) is 6.92 Å². The predicted octanol–water partition coefficient (Wildman–Crippen LogP) is 7.78. The normalized spacial score (nSPS) is 21.8. The second-order valence-electron chi connectivity index (χ2n) is 8.91. The van der Waals surface area contributed by atoms with E-state index in [1.165, 1.54) is 83.5 Å². The minimum atomic E-state index is -0.615. The molecular weight excluding hydrogens is 366 g/mol. The molecule has 0 saturated heterocycles. The monoisotopic (exact) mass is 413 g/mol. The van der Waals surface area contributed by atoms with Crippen molar-refractivity contribution >= 4 is 0 Å². The zero-order valence-electron chi connectivity index (χ0n) is 19.1. The Kier molecular flexibility index (Phi) is 17.3. The molecule has 2 unspecified atom stereocenters. The van der Waals surface area contributed by atoms with Crippen LogP contribution in [-0.4, -0.2) is 23.9 Å². The van der Waals surface area contributed by atoms with Crippen LogP contribution < -0.4 is 0 Å². The molecule has 2 atom stereocenters. The Bertz CT molecular complexity index is 378. The van der Waals surface area contributed by atoms with Gasteiger partial charge in [0.15, 0.2) is 0 Å². The van der Waals surface area contributed by atoms with E-state index in [0.717, 1.165) is 45.1 Å². The molecular formula is C24H47NO4. The standard InChI is InChI=1S/C24H47NO4/c1-2-3-4-5-6-7-8-12-15-18-21-28-23-19-16-13-10-9-11-14-17-20-24(22-23)29-25(26)27/h23-24H,2-22H2,1H3. The van der Waals surface area contributed by atoms with Gasteiger partial charge in [-0.2, -0.15) is 0 Å². The Balaban J connectivity index is 2.20. The molecule has 1 fully saturated rings. The quantitative estimate of drug-likeness (QED) is 0.166. The number of hydrogen-bond donors (Lipinski definition) is 0. The van der Waals surface area contributed by atoms with E-state index in [4.69, 9.17) is 9.57 Å². The molecule has 5 heteroatoms. The van der Waals surface area contributed by atoms with Gasteiger partial charge in [0.05, 0.1) is 6.10 Å². The van der Waals surface area contributed by atoms with Gasteiger partial charge in [-0.3, -0.25) is 0 Å². The van der Waals surface area contributed by atoms with Gasteiger partial charge in [-0.15, -0.1) is 10.1 Å². The summed E-state index contributed by atoms with van der Waals surface area (Å²) in [6, 6.07) is 0. The lowest BCUT2D eigenvalue weighted by Crippen LogP contribution is -2.26. The third kappa shape index (κ3) is 16.6. The maximum absolute atomic E-state index is 10.9. The summed E-state index contributed by atoms with van der Waals surface area (Å²) in [6.45, 7) is 3.05. The van der Waals surface area contributed by atoms with Crippen LogP contribution in [0.3, 0.4) is 0 Å². The Morgan fingerprint density at radius 3 is 1.76 bits per heavy atom. The Morgan fingerprint density at radius 2 is 1.21 bits per heavy atom. The fourth-order valence-electron chi connectivity index (χ4n) is 4.37. The minimum Gasteiger partial charge on any atom is -0.378 e. The molecule has 0 N–H and O–H groups in total. The predicted molar refractivity (Wildman–Crippen MR) is 120 cm³/mol. The van der Waals surface area contributed by atoms with Crippen LogP contribution in [0.1, 0.15) is 135 Å². The van der Waals surface area contributed by atoms with Crippen molar-refractivity contribution in [3.63, 3.8) is 0 Å². The molecule has 1 aliphatic rings. The topological polar surface area (TPSA) is 61.6 Å². The van der Waals surface area contributed by atoms with E-state index in [1.807, 2.05) is 0 Å². The Morgan fingerprint density at radius 1 is 0.724 bits per heavy atom. The number of nitrogens with zero attached hydrogens (tertiary/aromatic N) is 1. The van der Waals surface area contributed by atoms with Crippen molar-refractivity contribution in [2.24, 2.45) is 0 Å². The fourth-order valence-corrected chi connectivity index (χ4v) is 4.37. The SMILES string of the molecule is CCCCCCCCCCCCOC1CCCCCCCCCC(O[N+](=O)[O-])C1. The van der Waals surface area contributed by atoms with Crippen LogP contribution in [0.5, 0.6) is 0 Å². The lowest BCUT2D eigenvalue weighted by atomic mass is 9.97. The Hall–Kier alpha value is -0.840. The highest BCUT2D eigenvalue weighted by molar-refractivity contribution is 4.68. The van der Waals surface area contributed by atoms with Crippen molar-refractivity contribution in [1.82, 2.24) is 0 Å². The largest absolute Gasteiger partial charge is 0.378 e. The summed E-state index contributed by atoms with van der Waals surface area (Å²) in [5.41, 5.74) is 0. The van der Waals surface area contributed by atoms with Gasteiger partial charge in [0.25, 0.3) is 5.09 Å².